The Morgan fingerprint density at radius 1 is 0.388 bits per heavy atom. The molecule has 10 rings (SSSR count). The molecule has 8 aromatic carbocycles. The molecule has 0 N–H and O–H groups in total. The normalized spacial score (nSPS) is 11.7. The molecule has 0 fully saturated rings. The molecular formula is C46H29NOS. The first-order chi connectivity index (χ1) is 24.3. The molecule has 0 amide bonds. The Morgan fingerprint density at radius 2 is 1.02 bits per heavy atom. The number of fused-ring (bicyclic) bond motifs is 7. The fourth-order valence-corrected chi connectivity index (χ4v) is 8.73. The monoisotopic (exact) mass is 643 g/mol. The topological polar surface area (TPSA) is 16.4 Å². The third kappa shape index (κ3) is 4.47. The van der Waals surface area contributed by atoms with Crippen LogP contribution in [0.4, 0.5) is 17.1 Å². The maximum absolute atomic E-state index is 6.72. The van der Waals surface area contributed by atoms with Gasteiger partial charge in [-0.05, 0) is 57.8 Å². The molecule has 0 radical (unpaired) electrons. The van der Waals surface area contributed by atoms with E-state index in [0.717, 1.165) is 44.6 Å². The summed E-state index contributed by atoms with van der Waals surface area (Å²) in [5.41, 5.74) is 9.81. The van der Waals surface area contributed by atoms with Crippen LogP contribution >= 0.6 is 11.3 Å². The van der Waals surface area contributed by atoms with Crippen LogP contribution in [-0.4, -0.2) is 0 Å². The van der Waals surface area contributed by atoms with Crippen LogP contribution in [0.15, 0.2) is 180 Å². The van der Waals surface area contributed by atoms with Gasteiger partial charge in [0.05, 0.1) is 21.8 Å². The lowest BCUT2D eigenvalue weighted by atomic mass is 9.98. The number of anilines is 3. The molecule has 0 saturated heterocycles. The zero-order chi connectivity index (χ0) is 32.3. The van der Waals surface area contributed by atoms with Gasteiger partial charge in [-0.3, -0.25) is 0 Å². The smallest absolute Gasteiger partial charge is 0.159 e. The Morgan fingerprint density at radius 3 is 1.92 bits per heavy atom. The highest BCUT2D eigenvalue weighted by atomic mass is 32.1. The number of rotatable bonds is 5. The second-order valence-electron chi connectivity index (χ2n) is 12.5. The van der Waals surface area contributed by atoms with Gasteiger partial charge in [-0.25, -0.2) is 0 Å². The number of hydrogen-bond acceptors (Lipinski definition) is 3. The molecule has 3 heteroatoms. The van der Waals surface area contributed by atoms with Crippen molar-refractivity contribution in [2.45, 2.75) is 0 Å². The molecule has 0 saturated carbocycles. The van der Waals surface area contributed by atoms with E-state index in [2.05, 4.69) is 175 Å². The van der Waals surface area contributed by atoms with E-state index in [0.29, 0.717) is 0 Å². The molecule has 2 aromatic heterocycles. The summed E-state index contributed by atoms with van der Waals surface area (Å²) in [5.74, 6) is 0. The Hall–Kier alpha value is -6.16. The van der Waals surface area contributed by atoms with Crippen LogP contribution in [0, 0.1) is 0 Å². The molecule has 230 valence electrons. The van der Waals surface area contributed by atoms with Crippen molar-refractivity contribution >= 4 is 81.3 Å². The molecule has 0 spiro atoms. The molecular weight excluding hydrogens is 615 g/mol. The maximum Gasteiger partial charge on any atom is 0.159 e. The fourth-order valence-electron chi connectivity index (χ4n) is 7.39. The lowest BCUT2D eigenvalue weighted by Gasteiger charge is -2.28. The van der Waals surface area contributed by atoms with Crippen LogP contribution in [0.2, 0.25) is 0 Å². The van der Waals surface area contributed by atoms with Crippen molar-refractivity contribution in [2.75, 3.05) is 4.90 Å². The van der Waals surface area contributed by atoms with Gasteiger partial charge in [-0.15, -0.1) is 11.3 Å². The number of thiophene rings is 1. The summed E-state index contributed by atoms with van der Waals surface area (Å²) >= 11 is 1.87. The van der Waals surface area contributed by atoms with E-state index in [1.165, 1.54) is 47.6 Å². The highest BCUT2D eigenvalue weighted by molar-refractivity contribution is 7.27. The third-order valence-corrected chi connectivity index (χ3v) is 10.9. The molecule has 49 heavy (non-hydrogen) atoms. The fraction of sp³-hybridized carbons (Fsp3) is 0. The first kappa shape index (κ1) is 27.9. The summed E-state index contributed by atoms with van der Waals surface area (Å²) in [4.78, 5) is 2.43. The van der Waals surface area contributed by atoms with Crippen molar-refractivity contribution in [2.24, 2.45) is 0 Å². The molecule has 0 atom stereocenters. The average Bonchev–Trinajstić information content (AvgIpc) is 3.75. The van der Waals surface area contributed by atoms with Crippen LogP contribution in [-0.2, 0) is 0 Å². The van der Waals surface area contributed by atoms with Crippen molar-refractivity contribution in [3.8, 4) is 22.3 Å². The number of nitrogens with zero attached hydrogens (tertiary/aromatic N) is 1. The highest BCUT2D eigenvalue weighted by Gasteiger charge is 2.25. The second kappa shape index (κ2) is 11.2. The van der Waals surface area contributed by atoms with Gasteiger partial charge in [-0.2, -0.15) is 0 Å². The molecule has 0 aliphatic rings. The average molecular weight is 644 g/mol. The van der Waals surface area contributed by atoms with E-state index in [1.807, 2.05) is 17.4 Å². The minimum Gasteiger partial charge on any atom is -0.454 e. The SMILES string of the molecule is c1ccc(-c2cccc3c2sc2c(N(c4ccccc4-c4ccc5ccccc5c4)c4cccc5c4oc4ccccc45)cccc23)cc1. The van der Waals surface area contributed by atoms with Gasteiger partial charge in [0.15, 0.2) is 5.58 Å². The van der Waals surface area contributed by atoms with Gasteiger partial charge in [0.25, 0.3) is 0 Å². The molecule has 2 nitrogen and oxygen atoms in total. The summed E-state index contributed by atoms with van der Waals surface area (Å²) in [7, 11) is 0. The van der Waals surface area contributed by atoms with Crippen LogP contribution in [0.1, 0.15) is 0 Å². The molecule has 10 aromatic rings. The Balaban J connectivity index is 1.29. The second-order valence-corrected chi connectivity index (χ2v) is 13.5. The van der Waals surface area contributed by atoms with Gasteiger partial charge in [-0.1, -0.05) is 146 Å². The van der Waals surface area contributed by atoms with E-state index in [4.69, 9.17) is 4.42 Å². The maximum atomic E-state index is 6.72. The molecule has 0 aliphatic heterocycles. The predicted molar refractivity (Wildman–Crippen MR) is 210 cm³/mol. The quantitative estimate of drug-likeness (QED) is 0.186. The van der Waals surface area contributed by atoms with Crippen LogP contribution in [0.5, 0.6) is 0 Å². The van der Waals surface area contributed by atoms with E-state index in [9.17, 15) is 0 Å². The summed E-state index contributed by atoms with van der Waals surface area (Å²) < 4.78 is 9.25. The van der Waals surface area contributed by atoms with E-state index >= 15 is 0 Å². The number of benzene rings is 8. The Bertz CT molecular complexity index is 2840. The lowest BCUT2D eigenvalue weighted by Crippen LogP contribution is -2.11. The van der Waals surface area contributed by atoms with Gasteiger partial charge in [0.2, 0.25) is 0 Å². The minimum atomic E-state index is 0.875. The van der Waals surface area contributed by atoms with E-state index < -0.39 is 0 Å². The first-order valence-electron chi connectivity index (χ1n) is 16.6. The van der Waals surface area contributed by atoms with Crippen molar-refractivity contribution in [3.05, 3.63) is 176 Å². The summed E-state index contributed by atoms with van der Waals surface area (Å²) in [6.07, 6.45) is 0. The third-order valence-electron chi connectivity index (χ3n) is 9.66. The van der Waals surface area contributed by atoms with Crippen LogP contribution in [0.3, 0.4) is 0 Å². The van der Waals surface area contributed by atoms with Crippen LogP contribution < -0.4 is 4.90 Å². The van der Waals surface area contributed by atoms with Crippen LogP contribution in [0.25, 0.3) is 75.1 Å². The zero-order valence-corrected chi connectivity index (χ0v) is 27.3. The van der Waals surface area contributed by atoms with Crippen molar-refractivity contribution in [1.29, 1.82) is 0 Å². The number of furan rings is 1. The highest BCUT2D eigenvalue weighted by Crippen LogP contribution is 2.50. The van der Waals surface area contributed by atoms with E-state index in [1.54, 1.807) is 0 Å². The van der Waals surface area contributed by atoms with Crippen molar-refractivity contribution in [1.82, 2.24) is 0 Å². The largest absolute Gasteiger partial charge is 0.454 e. The number of hydrogen-bond donors (Lipinski definition) is 0. The van der Waals surface area contributed by atoms with Gasteiger partial charge < -0.3 is 9.32 Å². The van der Waals surface area contributed by atoms with Crippen molar-refractivity contribution < 1.29 is 4.42 Å². The number of para-hydroxylation sites is 3. The van der Waals surface area contributed by atoms with E-state index in [-0.39, 0.29) is 0 Å². The summed E-state index contributed by atoms with van der Waals surface area (Å²) in [5, 5.41) is 7.21. The molecule has 0 unspecified atom stereocenters. The Labute approximate surface area is 287 Å². The zero-order valence-electron chi connectivity index (χ0n) is 26.5. The standard InChI is InChI=1S/C46H29NOS/c1-2-14-31(15-3-1)35-19-10-21-38-39-22-12-25-42(46(39)49-45(35)38)47(41-24-11-20-37-36-18-7-9-26-43(36)48-44(37)41)40-23-8-6-17-34(40)33-28-27-30-13-4-5-16-32(30)29-33/h1-29H. The Kier molecular flexibility index (Phi) is 6.39. The molecule has 2 heterocycles. The van der Waals surface area contributed by atoms with Gasteiger partial charge >= 0.3 is 0 Å². The molecule has 0 aliphatic carbocycles. The van der Waals surface area contributed by atoms with Gasteiger partial charge in [0.1, 0.15) is 5.58 Å². The summed E-state index contributed by atoms with van der Waals surface area (Å²) in [6.45, 7) is 0. The first-order valence-corrected chi connectivity index (χ1v) is 17.4. The predicted octanol–water partition coefficient (Wildman–Crippen LogP) is 13.9. The van der Waals surface area contributed by atoms with Gasteiger partial charge in [0, 0.05) is 31.8 Å². The summed E-state index contributed by atoms with van der Waals surface area (Å²) in [6, 6.07) is 63.1. The minimum absolute atomic E-state index is 0.875. The lowest BCUT2D eigenvalue weighted by molar-refractivity contribution is 0.669. The van der Waals surface area contributed by atoms with Crippen molar-refractivity contribution in [3.63, 3.8) is 0 Å². The molecule has 0 bridgehead atoms.